The highest BCUT2D eigenvalue weighted by molar-refractivity contribution is 5.23. The zero-order valence-corrected chi connectivity index (χ0v) is 11.0. The van der Waals surface area contributed by atoms with Gasteiger partial charge in [-0.25, -0.2) is 8.78 Å². The van der Waals surface area contributed by atoms with Gasteiger partial charge in [0, 0.05) is 24.7 Å². The molecule has 1 aromatic rings. The maximum atomic E-state index is 14.0. The number of nitrogens with two attached hydrogens (primary N) is 1. The van der Waals surface area contributed by atoms with Crippen molar-refractivity contribution < 1.29 is 8.78 Å². The van der Waals surface area contributed by atoms with Gasteiger partial charge in [0.1, 0.15) is 11.6 Å². The van der Waals surface area contributed by atoms with Crippen LogP contribution in [0, 0.1) is 17.6 Å². The molecule has 2 N–H and O–H groups in total. The first kappa shape index (κ1) is 13.0. The Labute approximate surface area is 112 Å². The summed E-state index contributed by atoms with van der Waals surface area (Å²) in [5.74, 6) is -0.0124. The van der Waals surface area contributed by atoms with E-state index < -0.39 is 5.82 Å². The number of benzene rings is 1. The van der Waals surface area contributed by atoms with Crippen LogP contribution < -0.4 is 5.73 Å². The number of halogens is 2. The summed E-state index contributed by atoms with van der Waals surface area (Å²) >= 11 is 0. The molecule has 0 aromatic heterocycles. The van der Waals surface area contributed by atoms with Crippen LogP contribution >= 0.6 is 0 Å². The van der Waals surface area contributed by atoms with Gasteiger partial charge in [-0.3, -0.25) is 4.90 Å². The fourth-order valence-corrected chi connectivity index (χ4v) is 2.75. The van der Waals surface area contributed by atoms with Crippen molar-refractivity contribution in [3.05, 3.63) is 35.4 Å². The van der Waals surface area contributed by atoms with Gasteiger partial charge in [-0.05, 0) is 49.8 Å². The van der Waals surface area contributed by atoms with E-state index in [4.69, 9.17) is 5.73 Å². The maximum absolute atomic E-state index is 14.0. The second-order valence-corrected chi connectivity index (χ2v) is 5.79. The minimum absolute atomic E-state index is 0.191. The molecule has 3 rings (SSSR count). The van der Waals surface area contributed by atoms with E-state index in [0.29, 0.717) is 18.2 Å². The first-order chi connectivity index (χ1) is 9.19. The van der Waals surface area contributed by atoms with Crippen molar-refractivity contribution in [2.45, 2.75) is 37.8 Å². The van der Waals surface area contributed by atoms with Crippen molar-refractivity contribution in [3.8, 4) is 0 Å². The molecule has 0 spiro atoms. The minimum Gasteiger partial charge on any atom is -0.329 e. The molecule has 0 radical (unpaired) electrons. The molecule has 0 bridgehead atoms. The van der Waals surface area contributed by atoms with E-state index in [1.54, 1.807) is 0 Å². The molecule has 2 fully saturated rings. The molecule has 4 heteroatoms. The lowest BCUT2D eigenvalue weighted by atomic mass is 10.0. The van der Waals surface area contributed by atoms with Crippen molar-refractivity contribution >= 4 is 0 Å². The molecule has 1 unspecified atom stereocenters. The topological polar surface area (TPSA) is 29.3 Å². The average molecular weight is 266 g/mol. The summed E-state index contributed by atoms with van der Waals surface area (Å²) in [6.07, 6.45) is 4.82. The molecule has 0 aliphatic heterocycles. The van der Waals surface area contributed by atoms with Gasteiger partial charge < -0.3 is 5.73 Å². The number of hydrogen-bond acceptors (Lipinski definition) is 2. The summed E-state index contributed by atoms with van der Waals surface area (Å²) in [5.41, 5.74) is 6.27. The van der Waals surface area contributed by atoms with Crippen LogP contribution in [0.5, 0.6) is 0 Å². The van der Waals surface area contributed by atoms with Crippen LogP contribution in [0.4, 0.5) is 8.78 Å². The molecule has 2 nitrogen and oxygen atoms in total. The fourth-order valence-electron chi connectivity index (χ4n) is 2.75. The van der Waals surface area contributed by atoms with Gasteiger partial charge in [0.25, 0.3) is 0 Å². The van der Waals surface area contributed by atoms with Gasteiger partial charge in [-0.15, -0.1) is 0 Å². The monoisotopic (exact) mass is 266 g/mol. The van der Waals surface area contributed by atoms with E-state index >= 15 is 0 Å². The average Bonchev–Trinajstić information content (AvgIpc) is 3.26. The van der Waals surface area contributed by atoms with Crippen LogP contribution in [0.1, 0.15) is 37.3 Å². The Balaban J connectivity index is 1.85. The van der Waals surface area contributed by atoms with Crippen molar-refractivity contribution in [1.29, 1.82) is 0 Å². The lowest BCUT2D eigenvalue weighted by Gasteiger charge is -2.31. The lowest BCUT2D eigenvalue weighted by molar-refractivity contribution is 0.179. The maximum Gasteiger partial charge on any atom is 0.128 e. The third-order valence-corrected chi connectivity index (χ3v) is 4.12. The molecule has 0 saturated heterocycles. The molecule has 19 heavy (non-hydrogen) atoms. The Kier molecular flexibility index (Phi) is 3.54. The Morgan fingerprint density at radius 3 is 2.53 bits per heavy atom. The van der Waals surface area contributed by atoms with Gasteiger partial charge in [-0.1, -0.05) is 0 Å². The molecule has 0 amide bonds. The summed E-state index contributed by atoms with van der Waals surface area (Å²) < 4.78 is 27.3. The Bertz CT molecular complexity index is 455. The SMILES string of the molecule is NCC(c1cc(F)ccc1F)N(CC1CC1)C1CC1. The fraction of sp³-hybridized carbons (Fsp3) is 0.600. The Hall–Kier alpha value is -1.00. The van der Waals surface area contributed by atoms with Crippen LogP contribution in [0.25, 0.3) is 0 Å². The van der Waals surface area contributed by atoms with Gasteiger partial charge in [-0.2, -0.15) is 0 Å². The van der Waals surface area contributed by atoms with E-state index in [1.165, 1.54) is 25.0 Å². The van der Waals surface area contributed by atoms with E-state index in [0.717, 1.165) is 31.4 Å². The molecule has 2 aliphatic carbocycles. The van der Waals surface area contributed by atoms with Crippen LogP contribution in [0.3, 0.4) is 0 Å². The second kappa shape index (κ2) is 5.17. The standard InChI is InChI=1S/C15H20F2N2/c16-11-3-6-14(17)13(7-11)15(8-18)19(12-4-5-12)9-10-1-2-10/h3,6-7,10,12,15H,1-2,4-5,8-9,18H2. The van der Waals surface area contributed by atoms with Crippen molar-refractivity contribution in [2.75, 3.05) is 13.1 Å². The summed E-state index contributed by atoms with van der Waals surface area (Å²) in [5, 5.41) is 0. The summed E-state index contributed by atoms with van der Waals surface area (Å²) in [4.78, 5) is 2.30. The Morgan fingerprint density at radius 2 is 1.95 bits per heavy atom. The quantitative estimate of drug-likeness (QED) is 0.858. The van der Waals surface area contributed by atoms with Crippen LogP contribution in [0.15, 0.2) is 18.2 Å². The van der Waals surface area contributed by atoms with Gasteiger partial charge in [0.2, 0.25) is 0 Å². The van der Waals surface area contributed by atoms with E-state index in [2.05, 4.69) is 4.90 Å². The lowest BCUT2D eigenvalue weighted by Crippen LogP contribution is -2.37. The molecular weight excluding hydrogens is 246 g/mol. The second-order valence-electron chi connectivity index (χ2n) is 5.79. The highest BCUT2D eigenvalue weighted by Crippen LogP contribution is 2.39. The first-order valence-electron chi connectivity index (χ1n) is 7.10. The summed E-state index contributed by atoms with van der Waals surface area (Å²) in [6, 6.07) is 3.99. The van der Waals surface area contributed by atoms with Crippen molar-refractivity contribution in [3.63, 3.8) is 0 Å². The molecule has 1 atom stereocenters. The largest absolute Gasteiger partial charge is 0.329 e. The zero-order chi connectivity index (χ0) is 13.4. The smallest absolute Gasteiger partial charge is 0.128 e. The normalized spacial score (nSPS) is 20.8. The highest BCUT2D eigenvalue weighted by Gasteiger charge is 2.38. The first-order valence-corrected chi connectivity index (χ1v) is 7.10. The minimum atomic E-state index is -0.392. The predicted octanol–water partition coefficient (Wildman–Crippen LogP) is 2.84. The molecule has 104 valence electrons. The third kappa shape index (κ3) is 2.95. The third-order valence-electron chi connectivity index (χ3n) is 4.12. The van der Waals surface area contributed by atoms with Crippen LogP contribution in [0.2, 0.25) is 0 Å². The molecule has 1 aromatic carbocycles. The summed E-state index contributed by atoms with van der Waals surface area (Å²) in [6.45, 7) is 1.31. The van der Waals surface area contributed by atoms with E-state index in [9.17, 15) is 8.78 Å². The van der Waals surface area contributed by atoms with Gasteiger partial charge in [0.05, 0.1) is 6.04 Å². The highest BCUT2D eigenvalue weighted by atomic mass is 19.1. The van der Waals surface area contributed by atoms with E-state index in [1.807, 2.05) is 0 Å². The molecular formula is C15H20F2N2. The van der Waals surface area contributed by atoms with Gasteiger partial charge >= 0.3 is 0 Å². The van der Waals surface area contributed by atoms with E-state index in [-0.39, 0.29) is 11.9 Å². The van der Waals surface area contributed by atoms with Crippen LogP contribution in [-0.2, 0) is 0 Å². The van der Waals surface area contributed by atoms with Crippen LogP contribution in [-0.4, -0.2) is 24.0 Å². The Morgan fingerprint density at radius 1 is 1.21 bits per heavy atom. The number of nitrogens with zero attached hydrogens (tertiary/aromatic N) is 1. The van der Waals surface area contributed by atoms with Crippen molar-refractivity contribution in [1.82, 2.24) is 4.90 Å². The number of rotatable bonds is 6. The molecule has 2 aliphatic rings. The number of hydrogen-bond donors (Lipinski definition) is 1. The summed E-state index contributed by atoms with van der Waals surface area (Å²) in [7, 11) is 0. The molecule has 2 saturated carbocycles. The van der Waals surface area contributed by atoms with Gasteiger partial charge in [0.15, 0.2) is 0 Å². The zero-order valence-electron chi connectivity index (χ0n) is 11.0. The molecule has 0 heterocycles. The van der Waals surface area contributed by atoms with Crippen molar-refractivity contribution in [2.24, 2.45) is 11.7 Å². The predicted molar refractivity (Wildman–Crippen MR) is 70.6 cm³/mol.